The molecule has 1 aliphatic rings. The Kier molecular flexibility index (Phi) is 7.78. The van der Waals surface area contributed by atoms with Crippen molar-refractivity contribution in [2.45, 2.75) is 57.5 Å². The maximum Gasteiger partial charge on any atom is 0.320 e. The normalized spacial score (nSPS) is 20.1. The first-order valence-electron chi connectivity index (χ1n) is 8.07. The molecule has 0 aromatic carbocycles. The van der Waals surface area contributed by atoms with E-state index in [2.05, 4.69) is 10.6 Å². The zero-order valence-corrected chi connectivity index (χ0v) is 13.4. The summed E-state index contributed by atoms with van der Waals surface area (Å²) in [5, 5.41) is 14.4. The van der Waals surface area contributed by atoms with Gasteiger partial charge in [0.2, 0.25) is 5.91 Å². The Morgan fingerprint density at radius 3 is 2.41 bits per heavy atom. The largest absolute Gasteiger partial charge is 0.480 e. The monoisotopic (exact) mass is 314 g/mol. The molecule has 0 aromatic heterocycles. The van der Waals surface area contributed by atoms with Crippen molar-refractivity contribution in [1.82, 2.24) is 10.6 Å². The van der Waals surface area contributed by atoms with Crippen LogP contribution in [0.1, 0.15) is 45.4 Å². The Morgan fingerprint density at radius 1 is 1.23 bits per heavy atom. The van der Waals surface area contributed by atoms with Crippen LogP contribution in [0.2, 0.25) is 0 Å². The number of hydrogen-bond acceptors (Lipinski definition) is 5. The number of hydrogen-bond donors (Lipinski definition) is 5. The molecule has 7 nitrogen and oxygen atoms in total. The molecule has 0 unspecified atom stereocenters. The molecule has 0 radical (unpaired) electrons. The molecule has 0 aliphatic heterocycles. The number of rotatable bonds is 9. The smallest absolute Gasteiger partial charge is 0.320 e. The molecule has 0 spiro atoms. The van der Waals surface area contributed by atoms with Gasteiger partial charge in [0, 0.05) is 25.6 Å². The topological polar surface area (TPSA) is 130 Å². The summed E-state index contributed by atoms with van der Waals surface area (Å²) in [6.07, 6.45) is 5.99. The van der Waals surface area contributed by atoms with Crippen molar-refractivity contribution < 1.29 is 14.7 Å². The number of nitrogens with two attached hydrogens (primary N) is 2. The molecule has 2 atom stereocenters. The standard InChI is InChI=1S/C15H30N4O3/c1-11(14(21)22)18-8-12(17)9-19-13(20)7-15(10-16)5-3-2-4-6-15/h11-12,18H,2-10,16-17H2,1H3,(H,19,20)(H,21,22)/t11-,12+/m0/s1. The molecule has 0 aromatic rings. The number of amides is 1. The molecule has 1 amide bonds. The van der Waals surface area contributed by atoms with Gasteiger partial charge in [0.25, 0.3) is 0 Å². The average Bonchev–Trinajstić information content (AvgIpc) is 2.51. The zero-order valence-electron chi connectivity index (χ0n) is 13.4. The minimum atomic E-state index is -0.918. The number of nitrogens with one attached hydrogen (secondary N) is 2. The highest BCUT2D eigenvalue weighted by molar-refractivity contribution is 5.76. The second kappa shape index (κ2) is 9.07. The number of carbonyl (C=O) groups is 2. The van der Waals surface area contributed by atoms with E-state index >= 15 is 0 Å². The van der Waals surface area contributed by atoms with Gasteiger partial charge < -0.3 is 27.2 Å². The van der Waals surface area contributed by atoms with E-state index in [4.69, 9.17) is 16.6 Å². The van der Waals surface area contributed by atoms with Crippen molar-refractivity contribution in [2.75, 3.05) is 19.6 Å². The maximum atomic E-state index is 12.1. The number of aliphatic carboxylic acids is 1. The zero-order chi connectivity index (χ0) is 16.6. The summed E-state index contributed by atoms with van der Waals surface area (Å²) >= 11 is 0. The molecule has 0 bridgehead atoms. The fourth-order valence-corrected chi connectivity index (χ4v) is 2.89. The van der Waals surface area contributed by atoms with Crippen LogP contribution in [0, 0.1) is 5.41 Å². The van der Waals surface area contributed by atoms with Gasteiger partial charge in [-0.05, 0) is 31.7 Å². The van der Waals surface area contributed by atoms with E-state index in [9.17, 15) is 9.59 Å². The Morgan fingerprint density at radius 2 is 1.86 bits per heavy atom. The number of carboxylic acids is 1. The van der Waals surface area contributed by atoms with Crippen molar-refractivity contribution in [1.29, 1.82) is 0 Å². The van der Waals surface area contributed by atoms with Crippen molar-refractivity contribution in [2.24, 2.45) is 16.9 Å². The summed E-state index contributed by atoms with van der Waals surface area (Å²) < 4.78 is 0. The Labute approximate surface area is 132 Å². The lowest BCUT2D eigenvalue weighted by molar-refractivity contribution is -0.139. The van der Waals surface area contributed by atoms with Gasteiger partial charge in [-0.2, -0.15) is 0 Å². The number of carboxylic acid groups (broad SMARTS) is 1. The second-order valence-electron chi connectivity index (χ2n) is 6.47. The van der Waals surface area contributed by atoms with Crippen molar-refractivity contribution in [3.05, 3.63) is 0 Å². The molecular formula is C15H30N4O3. The van der Waals surface area contributed by atoms with Gasteiger partial charge in [0.15, 0.2) is 0 Å². The maximum absolute atomic E-state index is 12.1. The van der Waals surface area contributed by atoms with Crippen LogP contribution in [0.4, 0.5) is 0 Å². The highest BCUT2D eigenvalue weighted by Crippen LogP contribution is 2.38. The fourth-order valence-electron chi connectivity index (χ4n) is 2.89. The van der Waals surface area contributed by atoms with Gasteiger partial charge in [-0.3, -0.25) is 9.59 Å². The van der Waals surface area contributed by atoms with Crippen LogP contribution in [-0.2, 0) is 9.59 Å². The average molecular weight is 314 g/mol. The molecule has 128 valence electrons. The molecule has 1 rings (SSSR count). The van der Waals surface area contributed by atoms with Gasteiger partial charge in [-0.1, -0.05) is 19.3 Å². The summed E-state index contributed by atoms with van der Waals surface area (Å²) in [6, 6.07) is -0.963. The van der Waals surface area contributed by atoms with E-state index in [1.165, 1.54) is 6.42 Å². The van der Waals surface area contributed by atoms with Crippen LogP contribution in [0.5, 0.6) is 0 Å². The van der Waals surface area contributed by atoms with Crippen LogP contribution >= 0.6 is 0 Å². The van der Waals surface area contributed by atoms with Gasteiger partial charge in [-0.15, -0.1) is 0 Å². The summed E-state index contributed by atoms with van der Waals surface area (Å²) in [6.45, 7) is 2.78. The third-order valence-electron chi connectivity index (χ3n) is 4.50. The third kappa shape index (κ3) is 6.29. The highest BCUT2D eigenvalue weighted by Gasteiger charge is 2.32. The molecular weight excluding hydrogens is 284 g/mol. The first-order valence-corrected chi connectivity index (χ1v) is 8.07. The van der Waals surface area contributed by atoms with Gasteiger partial charge in [0.1, 0.15) is 6.04 Å². The Hall–Kier alpha value is -1.18. The SMILES string of the molecule is C[C@H](NC[C@@H](N)CNC(=O)CC1(CN)CCCCC1)C(=O)O. The molecule has 1 saturated carbocycles. The lowest BCUT2D eigenvalue weighted by atomic mass is 9.71. The van der Waals surface area contributed by atoms with Crippen LogP contribution in [0.15, 0.2) is 0 Å². The first-order chi connectivity index (χ1) is 10.4. The molecule has 0 saturated heterocycles. The third-order valence-corrected chi connectivity index (χ3v) is 4.50. The molecule has 7 N–H and O–H groups in total. The van der Waals surface area contributed by atoms with Gasteiger partial charge >= 0.3 is 5.97 Å². The fraction of sp³-hybridized carbons (Fsp3) is 0.867. The lowest BCUT2D eigenvalue weighted by Crippen LogP contribution is -2.48. The quantitative estimate of drug-likeness (QED) is 0.400. The first kappa shape index (κ1) is 18.9. The van der Waals surface area contributed by atoms with Crippen LogP contribution < -0.4 is 22.1 Å². The highest BCUT2D eigenvalue weighted by atomic mass is 16.4. The van der Waals surface area contributed by atoms with Crippen molar-refractivity contribution >= 4 is 11.9 Å². The second-order valence-corrected chi connectivity index (χ2v) is 6.47. The van der Waals surface area contributed by atoms with Crippen LogP contribution in [0.25, 0.3) is 0 Å². The molecule has 1 aliphatic carbocycles. The predicted molar refractivity (Wildman–Crippen MR) is 85.3 cm³/mol. The van der Waals surface area contributed by atoms with E-state index in [0.29, 0.717) is 26.1 Å². The lowest BCUT2D eigenvalue weighted by Gasteiger charge is -2.35. The summed E-state index contributed by atoms with van der Waals surface area (Å²) in [7, 11) is 0. The van der Waals surface area contributed by atoms with Gasteiger partial charge in [-0.25, -0.2) is 0 Å². The Balaban J connectivity index is 2.28. The molecule has 7 heteroatoms. The van der Waals surface area contributed by atoms with E-state index < -0.39 is 12.0 Å². The minimum absolute atomic E-state index is 0.0194. The predicted octanol–water partition coefficient (Wildman–Crippen LogP) is -0.208. The van der Waals surface area contributed by atoms with E-state index in [0.717, 1.165) is 25.7 Å². The summed E-state index contributed by atoms with van der Waals surface area (Å²) in [4.78, 5) is 22.8. The summed E-state index contributed by atoms with van der Waals surface area (Å²) in [5.41, 5.74) is 11.7. The van der Waals surface area contributed by atoms with Crippen LogP contribution in [0.3, 0.4) is 0 Å². The van der Waals surface area contributed by atoms with Gasteiger partial charge in [0.05, 0.1) is 0 Å². The van der Waals surface area contributed by atoms with Crippen molar-refractivity contribution in [3.63, 3.8) is 0 Å². The molecule has 22 heavy (non-hydrogen) atoms. The number of carbonyl (C=O) groups excluding carboxylic acids is 1. The van der Waals surface area contributed by atoms with E-state index in [1.807, 2.05) is 0 Å². The summed E-state index contributed by atoms with van der Waals surface area (Å²) in [5.74, 6) is -0.937. The van der Waals surface area contributed by atoms with Crippen LogP contribution in [-0.4, -0.2) is 48.7 Å². The van der Waals surface area contributed by atoms with E-state index in [-0.39, 0.29) is 17.4 Å². The molecule has 0 heterocycles. The molecule has 1 fully saturated rings. The van der Waals surface area contributed by atoms with Crippen molar-refractivity contribution in [3.8, 4) is 0 Å². The van der Waals surface area contributed by atoms with E-state index in [1.54, 1.807) is 6.92 Å². The minimum Gasteiger partial charge on any atom is -0.480 e. The Bertz CT molecular complexity index is 370.